The lowest BCUT2D eigenvalue weighted by atomic mass is 10.1. The van der Waals surface area contributed by atoms with E-state index in [0.29, 0.717) is 20.0 Å². The molecule has 0 bridgehead atoms. The minimum Gasteiger partial charge on any atom is -0.490 e. The molecule has 126 valence electrons. The highest BCUT2D eigenvalue weighted by Crippen LogP contribution is 2.38. The molecule has 0 atom stereocenters. The Morgan fingerprint density at radius 3 is 2.58 bits per heavy atom. The number of halogens is 1. The van der Waals surface area contributed by atoms with E-state index in [1.807, 2.05) is 24.3 Å². The van der Waals surface area contributed by atoms with E-state index in [1.54, 1.807) is 0 Å². The third kappa shape index (κ3) is 3.30. The molecule has 0 saturated heterocycles. The summed E-state index contributed by atoms with van der Waals surface area (Å²) < 4.78 is 23.2. The van der Waals surface area contributed by atoms with Crippen molar-refractivity contribution < 1.29 is 18.9 Å². The first kappa shape index (κ1) is 15.6. The lowest BCUT2D eigenvalue weighted by Gasteiger charge is -2.12. The second kappa shape index (κ2) is 6.91. The molecule has 2 aromatic rings. The van der Waals surface area contributed by atoms with Gasteiger partial charge < -0.3 is 24.3 Å². The van der Waals surface area contributed by atoms with Crippen LogP contribution in [0.4, 0.5) is 0 Å². The summed E-state index contributed by atoms with van der Waals surface area (Å²) in [5, 5.41) is 3.45. The molecule has 2 heterocycles. The zero-order valence-corrected chi connectivity index (χ0v) is 14.7. The van der Waals surface area contributed by atoms with Crippen LogP contribution in [0.2, 0.25) is 0 Å². The van der Waals surface area contributed by atoms with Crippen LogP contribution in [-0.4, -0.2) is 20.0 Å². The molecule has 0 radical (unpaired) electrons. The van der Waals surface area contributed by atoms with Gasteiger partial charge in [-0.3, -0.25) is 0 Å². The summed E-state index contributed by atoms with van der Waals surface area (Å²) in [6.45, 7) is 3.17. The highest BCUT2D eigenvalue weighted by atomic mass is 79.9. The van der Waals surface area contributed by atoms with Gasteiger partial charge in [-0.1, -0.05) is 6.07 Å². The van der Waals surface area contributed by atoms with Crippen molar-refractivity contribution in [2.24, 2.45) is 0 Å². The van der Waals surface area contributed by atoms with E-state index in [1.165, 1.54) is 0 Å². The van der Waals surface area contributed by atoms with E-state index in [-0.39, 0.29) is 0 Å². The fraction of sp³-hybridized carbons (Fsp3) is 0.333. The van der Waals surface area contributed by atoms with Gasteiger partial charge in [0.1, 0.15) is 0 Å². The first-order chi connectivity index (χ1) is 11.8. The topological polar surface area (TPSA) is 49.0 Å². The van der Waals surface area contributed by atoms with Gasteiger partial charge in [0.2, 0.25) is 6.79 Å². The molecule has 6 heteroatoms. The highest BCUT2D eigenvalue weighted by Gasteiger charge is 2.16. The molecule has 0 aliphatic carbocycles. The Hall–Kier alpha value is -1.92. The average molecular weight is 392 g/mol. The fourth-order valence-electron chi connectivity index (χ4n) is 2.79. The summed E-state index contributed by atoms with van der Waals surface area (Å²) >= 11 is 3.57. The number of ether oxygens (including phenoxy) is 4. The second-order valence-electron chi connectivity index (χ2n) is 5.75. The zero-order chi connectivity index (χ0) is 16.4. The Bertz CT molecular complexity index is 750. The molecule has 2 aliphatic heterocycles. The Morgan fingerprint density at radius 2 is 1.62 bits per heavy atom. The third-order valence-corrected chi connectivity index (χ3v) is 4.55. The van der Waals surface area contributed by atoms with Crippen LogP contribution in [0, 0.1) is 0 Å². The molecule has 4 rings (SSSR count). The highest BCUT2D eigenvalue weighted by molar-refractivity contribution is 9.10. The molecule has 0 saturated carbocycles. The molecule has 0 amide bonds. The van der Waals surface area contributed by atoms with E-state index in [4.69, 9.17) is 18.9 Å². The van der Waals surface area contributed by atoms with Crippen LogP contribution >= 0.6 is 15.9 Å². The van der Waals surface area contributed by atoms with Gasteiger partial charge in [0.15, 0.2) is 23.0 Å². The molecule has 0 unspecified atom stereocenters. The Labute approximate surface area is 149 Å². The number of nitrogens with one attached hydrogen (secondary N) is 1. The lowest BCUT2D eigenvalue weighted by Crippen LogP contribution is -2.12. The summed E-state index contributed by atoms with van der Waals surface area (Å²) in [4.78, 5) is 0. The quantitative estimate of drug-likeness (QED) is 0.861. The predicted octanol–water partition coefficient (Wildman–Crippen LogP) is 3.63. The van der Waals surface area contributed by atoms with E-state index < -0.39 is 0 Å². The van der Waals surface area contributed by atoms with Crippen LogP contribution in [0.25, 0.3) is 0 Å². The molecule has 2 aromatic carbocycles. The first-order valence-corrected chi connectivity index (χ1v) is 8.76. The summed E-state index contributed by atoms with van der Waals surface area (Å²) in [5.74, 6) is 3.23. The molecule has 5 nitrogen and oxygen atoms in total. The molecule has 2 aliphatic rings. The Kier molecular flexibility index (Phi) is 4.49. The van der Waals surface area contributed by atoms with Crippen molar-refractivity contribution in [2.45, 2.75) is 19.5 Å². The van der Waals surface area contributed by atoms with Gasteiger partial charge >= 0.3 is 0 Å². The van der Waals surface area contributed by atoms with Gasteiger partial charge in [0, 0.05) is 19.5 Å². The van der Waals surface area contributed by atoms with E-state index in [2.05, 4.69) is 27.3 Å². The van der Waals surface area contributed by atoms with Crippen LogP contribution in [0.15, 0.2) is 34.8 Å². The van der Waals surface area contributed by atoms with Crippen molar-refractivity contribution in [2.75, 3.05) is 20.0 Å². The SMILES string of the molecule is Brc1cc(CNCc2ccc3c(c2)OCO3)cc2c1OCCCO2. The van der Waals surface area contributed by atoms with Gasteiger partial charge in [-0.2, -0.15) is 0 Å². The minimum absolute atomic E-state index is 0.303. The number of hydrogen-bond acceptors (Lipinski definition) is 5. The first-order valence-electron chi connectivity index (χ1n) is 7.97. The second-order valence-corrected chi connectivity index (χ2v) is 6.60. The van der Waals surface area contributed by atoms with Crippen molar-refractivity contribution in [1.82, 2.24) is 5.32 Å². The van der Waals surface area contributed by atoms with Gasteiger partial charge in [-0.15, -0.1) is 0 Å². The molecule has 24 heavy (non-hydrogen) atoms. The summed E-state index contributed by atoms with van der Waals surface area (Å²) in [7, 11) is 0. The van der Waals surface area contributed by atoms with Crippen LogP contribution < -0.4 is 24.3 Å². The maximum Gasteiger partial charge on any atom is 0.231 e. The van der Waals surface area contributed by atoms with Crippen LogP contribution in [0.1, 0.15) is 17.5 Å². The van der Waals surface area contributed by atoms with Crippen LogP contribution in [0.3, 0.4) is 0 Å². The number of benzene rings is 2. The van der Waals surface area contributed by atoms with Crippen molar-refractivity contribution in [3.63, 3.8) is 0 Å². The monoisotopic (exact) mass is 391 g/mol. The summed E-state index contributed by atoms with van der Waals surface area (Å²) in [6, 6.07) is 10.1. The van der Waals surface area contributed by atoms with Gasteiger partial charge in [0.25, 0.3) is 0 Å². The van der Waals surface area contributed by atoms with Crippen molar-refractivity contribution in [1.29, 1.82) is 0 Å². The minimum atomic E-state index is 0.303. The molecular formula is C18H18BrNO4. The molecule has 0 aromatic heterocycles. The predicted molar refractivity (Wildman–Crippen MR) is 92.9 cm³/mol. The van der Waals surface area contributed by atoms with Crippen molar-refractivity contribution >= 4 is 15.9 Å². The van der Waals surface area contributed by atoms with Crippen LogP contribution in [0.5, 0.6) is 23.0 Å². The van der Waals surface area contributed by atoms with Crippen LogP contribution in [-0.2, 0) is 13.1 Å². The molecule has 0 spiro atoms. The number of fused-ring (bicyclic) bond motifs is 2. The third-order valence-electron chi connectivity index (χ3n) is 3.96. The standard InChI is InChI=1S/C18H18BrNO4/c19-14-6-13(8-17-18(14)22-5-1-4-21-17)10-20-9-12-2-3-15-16(7-12)24-11-23-15/h2-3,6-8,20H,1,4-5,9-11H2. The molecule has 1 N–H and O–H groups in total. The van der Waals surface area contributed by atoms with Crippen molar-refractivity contribution in [3.8, 4) is 23.0 Å². The summed E-state index contributed by atoms with van der Waals surface area (Å²) in [5.41, 5.74) is 2.31. The van der Waals surface area contributed by atoms with E-state index >= 15 is 0 Å². The number of hydrogen-bond donors (Lipinski definition) is 1. The Morgan fingerprint density at radius 1 is 0.833 bits per heavy atom. The smallest absolute Gasteiger partial charge is 0.231 e. The molecular weight excluding hydrogens is 374 g/mol. The van der Waals surface area contributed by atoms with Gasteiger partial charge in [-0.05, 0) is 51.3 Å². The van der Waals surface area contributed by atoms with E-state index in [9.17, 15) is 0 Å². The van der Waals surface area contributed by atoms with Gasteiger partial charge in [0.05, 0.1) is 17.7 Å². The lowest BCUT2D eigenvalue weighted by molar-refractivity contribution is 0.174. The molecule has 0 fully saturated rings. The average Bonchev–Trinajstić information content (AvgIpc) is 2.91. The maximum atomic E-state index is 5.77. The normalized spacial score (nSPS) is 15.2. The van der Waals surface area contributed by atoms with Gasteiger partial charge in [-0.25, -0.2) is 0 Å². The largest absolute Gasteiger partial charge is 0.490 e. The number of rotatable bonds is 4. The summed E-state index contributed by atoms with van der Waals surface area (Å²) in [6.07, 6.45) is 0.902. The van der Waals surface area contributed by atoms with Crippen molar-refractivity contribution in [3.05, 3.63) is 45.9 Å². The van der Waals surface area contributed by atoms with E-state index in [0.717, 1.165) is 58.1 Å². The fourth-order valence-corrected chi connectivity index (χ4v) is 3.39. The Balaban J connectivity index is 1.41. The maximum absolute atomic E-state index is 5.77. The zero-order valence-electron chi connectivity index (χ0n) is 13.1.